The van der Waals surface area contributed by atoms with E-state index >= 15 is 0 Å². The maximum atomic E-state index is 12.7. The molecule has 0 saturated carbocycles. The molecule has 2 rings (SSSR count). The topological polar surface area (TPSA) is 94.8 Å². The molecule has 1 amide bonds. The molecule has 0 unspecified atom stereocenters. The standard InChI is InChI=1S/C17H19N3O5/c1-19(9-7-12-6-4-5-8-18-12)17(21)13-10-15(24-2)16(25-3)11-14(13)20(22)23/h4-6,8,10-11H,7,9H2,1-3H3. The molecule has 1 aromatic carbocycles. The van der Waals surface area contributed by atoms with Crippen molar-refractivity contribution in [2.24, 2.45) is 0 Å². The third-order valence-corrected chi connectivity index (χ3v) is 3.71. The van der Waals surface area contributed by atoms with Crippen LogP contribution in [-0.2, 0) is 6.42 Å². The molecule has 2 aromatic rings. The summed E-state index contributed by atoms with van der Waals surface area (Å²) >= 11 is 0. The molecule has 0 spiro atoms. The quantitative estimate of drug-likeness (QED) is 0.564. The Kier molecular flexibility index (Phi) is 5.89. The summed E-state index contributed by atoms with van der Waals surface area (Å²) in [5.41, 5.74) is 0.461. The van der Waals surface area contributed by atoms with Crippen molar-refractivity contribution in [1.82, 2.24) is 9.88 Å². The van der Waals surface area contributed by atoms with Crippen molar-refractivity contribution in [2.75, 3.05) is 27.8 Å². The average Bonchev–Trinajstić information content (AvgIpc) is 2.64. The van der Waals surface area contributed by atoms with E-state index in [0.29, 0.717) is 13.0 Å². The zero-order valence-corrected chi connectivity index (χ0v) is 14.3. The highest BCUT2D eigenvalue weighted by Gasteiger charge is 2.26. The first-order valence-corrected chi connectivity index (χ1v) is 7.53. The van der Waals surface area contributed by atoms with E-state index in [9.17, 15) is 14.9 Å². The number of likely N-dealkylation sites (N-methyl/N-ethyl adjacent to an activating group) is 1. The number of carbonyl (C=O) groups excluding carboxylic acids is 1. The Morgan fingerprint density at radius 2 is 1.92 bits per heavy atom. The number of nitro benzene ring substituents is 1. The predicted octanol–water partition coefficient (Wildman–Crippen LogP) is 2.32. The Bertz CT molecular complexity index is 764. The lowest BCUT2D eigenvalue weighted by atomic mass is 10.1. The summed E-state index contributed by atoms with van der Waals surface area (Å²) < 4.78 is 10.2. The number of nitrogens with zero attached hydrogens (tertiary/aromatic N) is 3. The number of benzene rings is 1. The van der Waals surface area contributed by atoms with Gasteiger partial charge >= 0.3 is 0 Å². The van der Waals surface area contributed by atoms with Crippen LogP contribution in [-0.4, -0.2) is 48.5 Å². The molecule has 0 saturated heterocycles. The number of carbonyl (C=O) groups is 1. The van der Waals surface area contributed by atoms with Gasteiger partial charge in [-0.3, -0.25) is 19.9 Å². The van der Waals surface area contributed by atoms with Crippen LogP contribution in [0.1, 0.15) is 16.1 Å². The van der Waals surface area contributed by atoms with Gasteiger partial charge in [0.25, 0.3) is 11.6 Å². The number of nitro groups is 1. The minimum atomic E-state index is -0.609. The number of amides is 1. The zero-order valence-electron chi connectivity index (χ0n) is 14.3. The van der Waals surface area contributed by atoms with Crippen LogP contribution in [0, 0.1) is 10.1 Å². The highest BCUT2D eigenvalue weighted by Crippen LogP contribution is 2.34. The number of aromatic nitrogens is 1. The predicted molar refractivity (Wildman–Crippen MR) is 91.1 cm³/mol. The second kappa shape index (κ2) is 8.09. The third-order valence-electron chi connectivity index (χ3n) is 3.71. The summed E-state index contributed by atoms with van der Waals surface area (Å²) in [6, 6.07) is 8.06. The van der Waals surface area contributed by atoms with Crippen LogP contribution in [0.2, 0.25) is 0 Å². The summed E-state index contributed by atoms with van der Waals surface area (Å²) in [5.74, 6) is -0.0138. The van der Waals surface area contributed by atoms with E-state index < -0.39 is 10.8 Å². The number of methoxy groups -OCH3 is 2. The molecular weight excluding hydrogens is 326 g/mol. The van der Waals surface area contributed by atoms with Gasteiger partial charge in [-0.25, -0.2) is 0 Å². The highest BCUT2D eigenvalue weighted by atomic mass is 16.6. The van der Waals surface area contributed by atoms with Gasteiger partial charge in [0.15, 0.2) is 11.5 Å². The summed E-state index contributed by atoms with van der Waals surface area (Å²) in [4.78, 5) is 29.0. The molecule has 0 atom stereocenters. The molecule has 0 aliphatic carbocycles. The lowest BCUT2D eigenvalue weighted by molar-refractivity contribution is -0.385. The lowest BCUT2D eigenvalue weighted by Crippen LogP contribution is -2.29. The molecule has 0 N–H and O–H groups in total. The molecule has 1 aromatic heterocycles. The van der Waals surface area contributed by atoms with Crippen molar-refractivity contribution in [3.8, 4) is 11.5 Å². The minimum absolute atomic E-state index is 0.0498. The maximum absolute atomic E-state index is 12.7. The molecule has 8 heteroatoms. The number of rotatable bonds is 7. The Balaban J connectivity index is 2.25. The number of hydrogen-bond donors (Lipinski definition) is 0. The van der Waals surface area contributed by atoms with Crippen LogP contribution in [0.25, 0.3) is 0 Å². The van der Waals surface area contributed by atoms with E-state index in [1.165, 1.54) is 31.3 Å². The van der Waals surface area contributed by atoms with Gasteiger partial charge in [0.1, 0.15) is 5.56 Å². The van der Waals surface area contributed by atoms with Crippen LogP contribution >= 0.6 is 0 Å². The Morgan fingerprint density at radius 1 is 1.24 bits per heavy atom. The van der Waals surface area contributed by atoms with Crippen molar-refractivity contribution in [2.45, 2.75) is 6.42 Å². The Hall–Kier alpha value is -3.16. The van der Waals surface area contributed by atoms with Crippen LogP contribution in [0.4, 0.5) is 5.69 Å². The first kappa shape index (κ1) is 18.2. The summed E-state index contributed by atoms with van der Waals surface area (Å²) in [6.07, 6.45) is 2.22. The molecule has 8 nitrogen and oxygen atoms in total. The van der Waals surface area contributed by atoms with Gasteiger partial charge < -0.3 is 14.4 Å². The van der Waals surface area contributed by atoms with Crippen LogP contribution < -0.4 is 9.47 Å². The molecule has 0 bridgehead atoms. The maximum Gasteiger partial charge on any atom is 0.286 e. The van der Waals surface area contributed by atoms with Gasteiger partial charge in [-0.15, -0.1) is 0 Å². The lowest BCUT2D eigenvalue weighted by Gasteiger charge is -2.18. The van der Waals surface area contributed by atoms with Gasteiger partial charge in [-0.2, -0.15) is 0 Å². The molecular formula is C17H19N3O5. The van der Waals surface area contributed by atoms with Crippen LogP contribution in [0.3, 0.4) is 0 Å². The van der Waals surface area contributed by atoms with Crippen molar-refractivity contribution in [3.05, 3.63) is 57.9 Å². The zero-order chi connectivity index (χ0) is 18.4. The second-order valence-corrected chi connectivity index (χ2v) is 5.28. The van der Waals surface area contributed by atoms with Gasteiger partial charge in [0.2, 0.25) is 0 Å². The van der Waals surface area contributed by atoms with Crippen molar-refractivity contribution in [3.63, 3.8) is 0 Å². The minimum Gasteiger partial charge on any atom is -0.493 e. The van der Waals surface area contributed by atoms with Gasteiger partial charge in [-0.05, 0) is 12.1 Å². The molecule has 1 heterocycles. The fraction of sp³-hybridized carbons (Fsp3) is 0.294. The molecule has 0 fully saturated rings. The fourth-order valence-corrected chi connectivity index (χ4v) is 2.33. The molecule has 25 heavy (non-hydrogen) atoms. The van der Waals surface area contributed by atoms with E-state index in [-0.39, 0.29) is 22.7 Å². The van der Waals surface area contributed by atoms with E-state index in [4.69, 9.17) is 9.47 Å². The molecule has 0 radical (unpaired) electrons. The van der Waals surface area contributed by atoms with Crippen LogP contribution in [0.5, 0.6) is 11.5 Å². The normalized spacial score (nSPS) is 10.2. The Morgan fingerprint density at radius 3 is 2.48 bits per heavy atom. The van der Waals surface area contributed by atoms with Crippen molar-refractivity contribution in [1.29, 1.82) is 0 Å². The first-order chi connectivity index (χ1) is 12.0. The number of ether oxygens (including phenoxy) is 2. The third kappa shape index (κ3) is 4.23. The monoisotopic (exact) mass is 345 g/mol. The van der Waals surface area contributed by atoms with Gasteiger partial charge in [0.05, 0.1) is 25.2 Å². The largest absolute Gasteiger partial charge is 0.493 e. The van der Waals surface area contributed by atoms with E-state index in [1.807, 2.05) is 18.2 Å². The fourth-order valence-electron chi connectivity index (χ4n) is 2.33. The summed E-state index contributed by atoms with van der Waals surface area (Å²) in [7, 11) is 4.37. The number of hydrogen-bond acceptors (Lipinski definition) is 6. The molecule has 0 aliphatic rings. The highest BCUT2D eigenvalue weighted by molar-refractivity contribution is 5.99. The van der Waals surface area contributed by atoms with E-state index in [1.54, 1.807) is 13.2 Å². The van der Waals surface area contributed by atoms with Gasteiger partial charge in [-0.1, -0.05) is 6.07 Å². The van der Waals surface area contributed by atoms with E-state index in [0.717, 1.165) is 5.69 Å². The summed E-state index contributed by atoms with van der Waals surface area (Å²) in [6.45, 7) is 0.376. The van der Waals surface area contributed by atoms with Crippen molar-refractivity contribution >= 4 is 11.6 Å². The number of pyridine rings is 1. The smallest absolute Gasteiger partial charge is 0.286 e. The average molecular weight is 345 g/mol. The van der Waals surface area contributed by atoms with Crippen LogP contribution in [0.15, 0.2) is 36.5 Å². The van der Waals surface area contributed by atoms with E-state index in [2.05, 4.69) is 4.98 Å². The Labute approximate surface area is 145 Å². The summed E-state index contributed by atoms with van der Waals surface area (Å²) in [5, 5.41) is 11.3. The van der Waals surface area contributed by atoms with Crippen molar-refractivity contribution < 1.29 is 19.2 Å². The molecule has 132 valence electrons. The first-order valence-electron chi connectivity index (χ1n) is 7.53. The SMILES string of the molecule is COc1cc(C(=O)N(C)CCc2ccccn2)c([N+](=O)[O-])cc1OC. The molecule has 0 aliphatic heterocycles. The second-order valence-electron chi connectivity index (χ2n) is 5.28. The van der Waals surface area contributed by atoms with Gasteiger partial charge in [0, 0.05) is 38.0 Å².